The lowest BCUT2D eigenvalue weighted by Gasteiger charge is -2.29. The second-order valence-corrected chi connectivity index (χ2v) is 5.07. The summed E-state index contributed by atoms with van der Waals surface area (Å²) in [5, 5.41) is 2.52. The minimum absolute atomic E-state index is 0. The maximum absolute atomic E-state index is 12.0. The van der Waals surface area contributed by atoms with Gasteiger partial charge in [0.05, 0.1) is 13.1 Å². The zero-order chi connectivity index (χ0) is 14.1. The Morgan fingerprint density at radius 3 is 2.50 bits per heavy atom. The average Bonchev–Trinajstić information content (AvgIpc) is 2.45. The Kier molecular flexibility index (Phi) is 10.1. The molecule has 6 heteroatoms. The van der Waals surface area contributed by atoms with E-state index in [0.29, 0.717) is 12.5 Å². The SMILES string of the molecule is C=CCN(CC1CCCCC1)C(=O)CNC(=O)CN.Cl. The molecule has 0 saturated heterocycles. The molecule has 1 aliphatic rings. The molecular formula is C14H26ClN3O2. The van der Waals surface area contributed by atoms with Crippen LogP contribution in [0.5, 0.6) is 0 Å². The summed E-state index contributed by atoms with van der Waals surface area (Å²) in [5.74, 6) is 0.222. The van der Waals surface area contributed by atoms with Crippen molar-refractivity contribution in [2.75, 3.05) is 26.2 Å². The molecule has 0 spiro atoms. The summed E-state index contributed by atoms with van der Waals surface area (Å²) in [5.41, 5.74) is 5.19. The standard InChI is InChI=1S/C14H25N3O2.ClH/c1-2-8-17(11-12-6-4-3-5-7-12)14(19)10-16-13(18)9-15;/h2,12H,1,3-11,15H2,(H,16,18);1H. The van der Waals surface area contributed by atoms with Gasteiger partial charge in [-0.25, -0.2) is 0 Å². The van der Waals surface area contributed by atoms with E-state index in [1.165, 1.54) is 32.1 Å². The number of hydrogen-bond acceptors (Lipinski definition) is 3. The predicted molar refractivity (Wildman–Crippen MR) is 82.7 cm³/mol. The van der Waals surface area contributed by atoms with Crippen molar-refractivity contribution in [1.82, 2.24) is 10.2 Å². The molecule has 116 valence electrons. The highest BCUT2D eigenvalue weighted by Gasteiger charge is 2.20. The first-order valence-electron chi connectivity index (χ1n) is 7.02. The fourth-order valence-corrected chi connectivity index (χ4v) is 2.47. The van der Waals surface area contributed by atoms with Gasteiger partial charge in [-0.3, -0.25) is 9.59 Å². The van der Waals surface area contributed by atoms with E-state index in [2.05, 4.69) is 11.9 Å². The van der Waals surface area contributed by atoms with Crippen molar-refractivity contribution < 1.29 is 9.59 Å². The van der Waals surface area contributed by atoms with Gasteiger partial charge in [-0.1, -0.05) is 25.3 Å². The molecule has 2 amide bonds. The number of rotatable bonds is 7. The van der Waals surface area contributed by atoms with Crippen molar-refractivity contribution in [3.8, 4) is 0 Å². The third kappa shape index (κ3) is 6.91. The Labute approximate surface area is 127 Å². The fraction of sp³-hybridized carbons (Fsp3) is 0.714. The molecule has 0 aromatic carbocycles. The summed E-state index contributed by atoms with van der Waals surface area (Å²) in [6.07, 6.45) is 7.92. The molecular weight excluding hydrogens is 278 g/mol. The molecule has 0 radical (unpaired) electrons. The molecule has 1 aliphatic carbocycles. The van der Waals surface area contributed by atoms with Crippen LogP contribution in [0.1, 0.15) is 32.1 Å². The van der Waals surface area contributed by atoms with Crippen molar-refractivity contribution in [3.05, 3.63) is 12.7 Å². The number of nitrogens with one attached hydrogen (secondary N) is 1. The summed E-state index contributed by atoms with van der Waals surface area (Å²) >= 11 is 0. The molecule has 1 saturated carbocycles. The molecule has 0 unspecified atom stereocenters. The highest BCUT2D eigenvalue weighted by Crippen LogP contribution is 2.24. The zero-order valence-electron chi connectivity index (χ0n) is 12.0. The topological polar surface area (TPSA) is 75.4 Å². The molecule has 0 aromatic rings. The predicted octanol–water partition coefficient (Wildman–Crippen LogP) is 1.08. The number of nitrogens with two attached hydrogens (primary N) is 1. The quantitative estimate of drug-likeness (QED) is 0.691. The van der Waals surface area contributed by atoms with Crippen LogP contribution in [0.4, 0.5) is 0 Å². The lowest BCUT2D eigenvalue weighted by atomic mass is 9.89. The highest BCUT2D eigenvalue weighted by molar-refractivity contribution is 5.85. The van der Waals surface area contributed by atoms with Gasteiger partial charge in [-0.2, -0.15) is 0 Å². The van der Waals surface area contributed by atoms with Crippen LogP contribution < -0.4 is 11.1 Å². The van der Waals surface area contributed by atoms with Gasteiger partial charge in [-0.15, -0.1) is 19.0 Å². The van der Waals surface area contributed by atoms with Crippen LogP contribution in [-0.4, -0.2) is 42.9 Å². The van der Waals surface area contributed by atoms with Crippen LogP contribution in [0.2, 0.25) is 0 Å². The fourth-order valence-electron chi connectivity index (χ4n) is 2.47. The Morgan fingerprint density at radius 1 is 1.30 bits per heavy atom. The first-order chi connectivity index (χ1) is 9.17. The van der Waals surface area contributed by atoms with Crippen LogP contribution in [0.25, 0.3) is 0 Å². The van der Waals surface area contributed by atoms with Gasteiger partial charge >= 0.3 is 0 Å². The van der Waals surface area contributed by atoms with Crippen LogP contribution in [0.15, 0.2) is 12.7 Å². The molecule has 0 bridgehead atoms. The largest absolute Gasteiger partial charge is 0.346 e. The van der Waals surface area contributed by atoms with Gasteiger partial charge in [0, 0.05) is 13.1 Å². The summed E-state index contributed by atoms with van der Waals surface area (Å²) in [6, 6.07) is 0. The van der Waals surface area contributed by atoms with Gasteiger partial charge in [-0.05, 0) is 18.8 Å². The number of carbonyl (C=O) groups excluding carboxylic acids is 2. The molecule has 0 atom stereocenters. The van der Waals surface area contributed by atoms with E-state index >= 15 is 0 Å². The van der Waals surface area contributed by atoms with Gasteiger partial charge in [0.2, 0.25) is 11.8 Å². The van der Waals surface area contributed by atoms with Crippen LogP contribution in [0.3, 0.4) is 0 Å². The Hall–Kier alpha value is -1.07. The van der Waals surface area contributed by atoms with Gasteiger partial charge in [0.15, 0.2) is 0 Å². The van der Waals surface area contributed by atoms with E-state index in [9.17, 15) is 9.59 Å². The molecule has 5 nitrogen and oxygen atoms in total. The number of nitrogens with zero attached hydrogens (tertiary/aromatic N) is 1. The second kappa shape index (κ2) is 10.7. The molecule has 0 aromatic heterocycles. The smallest absolute Gasteiger partial charge is 0.242 e. The molecule has 3 N–H and O–H groups in total. The summed E-state index contributed by atoms with van der Waals surface area (Å²) in [4.78, 5) is 24.9. The van der Waals surface area contributed by atoms with E-state index in [1.54, 1.807) is 11.0 Å². The lowest BCUT2D eigenvalue weighted by molar-refractivity contribution is -0.132. The van der Waals surface area contributed by atoms with E-state index in [1.807, 2.05) is 0 Å². The summed E-state index contributed by atoms with van der Waals surface area (Å²) in [6.45, 7) is 4.93. The van der Waals surface area contributed by atoms with Crippen molar-refractivity contribution >= 4 is 24.2 Å². The second-order valence-electron chi connectivity index (χ2n) is 5.07. The van der Waals surface area contributed by atoms with Crippen LogP contribution in [-0.2, 0) is 9.59 Å². The first-order valence-corrected chi connectivity index (χ1v) is 7.02. The number of carbonyl (C=O) groups is 2. The van der Waals surface area contributed by atoms with E-state index < -0.39 is 0 Å². The maximum Gasteiger partial charge on any atom is 0.242 e. The summed E-state index contributed by atoms with van der Waals surface area (Å²) < 4.78 is 0. The van der Waals surface area contributed by atoms with Crippen molar-refractivity contribution in [2.45, 2.75) is 32.1 Å². The van der Waals surface area contributed by atoms with Gasteiger partial charge < -0.3 is 16.0 Å². The Bertz CT molecular complexity index is 318. The minimum Gasteiger partial charge on any atom is -0.346 e. The highest BCUT2D eigenvalue weighted by atomic mass is 35.5. The number of halogens is 1. The zero-order valence-corrected chi connectivity index (χ0v) is 12.8. The number of amides is 2. The Balaban J connectivity index is 0.00000361. The lowest BCUT2D eigenvalue weighted by Crippen LogP contribution is -2.43. The monoisotopic (exact) mass is 303 g/mol. The average molecular weight is 304 g/mol. The normalized spacial score (nSPS) is 15.1. The third-order valence-corrected chi connectivity index (χ3v) is 3.53. The maximum atomic E-state index is 12.0. The van der Waals surface area contributed by atoms with Crippen molar-refractivity contribution in [3.63, 3.8) is 0 Å². The van der Waals surface area contributed by atoms with Gasteiger partial charge in [0.25, 0.3) is 0 Å². The molecule has 0 aliphatic heterocycles. The molecule has 20 heavy (non-hydrogen) atoms. The van der Waals surface area contributed by atoms with Crippen LogP contribution in [0, 0.1) is 5.92 Å². The Morgan fingerprint density at radius 2 is 1.95 bits per heavy atom. The first kappa shape index (κ1) is 18.9. The number of hydrogen-bond donors (Lipinski definition) is 2. The molecule has 1 rings (SSSR count). The van der Waals surface area contributed by atoms with E-state index in [4.69, 9.17) is 5.73 Å². The van der Waals surface area contributed by atoms with Crippen molar-refractivity contribution in [2.24, 2.45) is 11.7 Å². The van der Waals surface area contributed by atoms with Crippen molar-refractivity contribution in [1.29, 1.82) is 0 Å². The van der Waals surface area contributed by atoms with E-state index in [-0.39, 0.29) is 37.3 Å². The van der Waals surface area contributed by atoms with Crippen LogP contribution >= 0.6 is 12.4 Å². The molecule has 1 fully saturated rings. The molecule has 0 heterocycles. The van der Waals surface area contributed by atoms with Gasteiger partial charge in [0.1, 0.15) is 0 Å². The van der Waals surface area contributed by atoms with E-state index in [0.717, 1.165) is 6.54 Å². The third-order valence-electron chi connectivity index (χ3n) is 3.53. The summed E-state index contributed by atoms with van der Waals surface area (Å²) in [7, 11) is 0. The minimum atomic E-state index is -0.301.